The molecule has 3 amide bonds. The highest BCUT2D eigenvalue weighted by Gasteiger charge is 2.36. The maximum Gasteiger partial charge on any atom is 0.256 e. The molecule has 0 radical (unpaired) electrons. The molecule has 2 heterocycles. The minimum absolute atomic E-state index is 0.0521. The fraction of sp³-hybridized carbons (Fsp3) is 0.379. The van der Waals surface area contributed by atoms with Crippen molar-refractivity contribution in [2.45, 2.75) is 51.0 Å². The Hall–Kier alpha value is -4.20. The Morgan fingerprint density at radius 1 is 1.28 bits per heavy atom. The minimum atomic E-state index is -0.305. The number of aldehydes is 1. The third-order valence-corrected chi connectivity index (χ3v) is 7.30. The Balaban J connectivity index is 1.51. The van der Waals surface area contributed by atoms with E-state index >= 15 is 0 Å². The van der Waals surface area contributed by atoms with Crippen LogP contribution >= 0.6 is 0 Å². The van der Waals surface area contributed by atoms with Gasteiger partial charge >= 0.3 is 0 Å². The lowest BCUT2D eigenvalue weighted by atomic mass is 10.0. The molecular weight excluding hydrogens is 498 g/mol. The van der Waals surface area contributed by atoms with Crippen molar-refractivity contribution in [1.82, 2.24) is 20.4 Å². The van der Waals surface area contributed by atoms with E-state index in [9.17, 15) is 24.3 Å². The Morgan fingerprint density at radius 3 is 2.77 bits per heavy atom. The smallest absolute Gasteiger partial charge is 0.256 e. The molecule has 2 unspecified atom stereocenters. The van der Waals surface area contributed by atoms with Crippen molar-refractivity contribution in [3.05, 3.63) is 64.2 Å². The van der Waals surface area contributed by atoms with Gasteiger partial charge in [0, 0.05) is 66.3 Å². The molecule has 4 rings (SSSR count). The summed E-state index contributed by atoms with van der Waals surface area (Å²) in [6.07, 6.45) is 2.23. The Morgan fingerprint density at radius 2 is 2.08 bits per heavy atom. The second-order valence-electron chi connectivity index (χ2n) is 9.72. The van der Waals surface area contributed by atoms with E-state index in [0.717, 1.165) is 17.4 Å². The highest BCUT2D eigenvalue weighted by atomic mass is 16.3. The topological polar surface area (TPSA) is 131 Å². The van der Waals surface area contributed by atoms with Crippen LogP contribution in [0.2, 0.25) is 0 Å². The van der Waals surface area contributed by atoms with Crippen LogP contribution < -0.4 is 16.0 Å². The van der Waals surface area contributed by atoms with Crippen molar-refractivity contribution in [1.29, 1.82) is 0 Å². The monoisotopic (exact) mass is 531 g/mol. The van der Waals surface area contributed by atoms with Crippen LogP contribution in [0.4, 0.5) is 5.69 Å². The van der Waals surface area contributed by atoms with Gasteiger partial charge in [-0.25, -0.2) is 0 Å². The van der Waals surface area contributed by atoms with Crippen molar-refractivity contribution >= 4 is 29.7 Å². The molecule has 0 aliphatic carbocycles. The van der Waals surface area contributed by atoms with E-state index in [0.29, 0.717) is 54.7 Å². The molecule has 2 aromatic rings. The maximum absolute atomic E-state index is 13.0. The molecule has 204 valence electrons. The standard InChI is InChI=1S/C29H33N5O5/c1-30-27(37)11-9-21(18-36)33(2)15-24-20(17-35)6-4-8-25(24)31-14-13-19-5-3-7-22-23(19)16-34(29(22)39)26-10-12-28(38)32-26/h3-8,17,21,26,31,36H,9-12,15-16,18H2,1-2H3,(H,30,37)(H,32,38). The zero-order valence-corrected chi connectivity index (χ0v) is 22.1. The second-order valence-corrected chi connectivity index (χ2v) is 9.72. The zero-order chi connectivity index (χ0) is 27.9. The number of hydrogen-bond acceptors (Lipinski definition) is 7. The van der Waals surface area contributed by atoms with E-state index in [4.69, 9.17) is 0 Å². The molecule has 10 heteroatoms. The fourth-order valence-corrected chi connectivity index (χ4v) is 4.98. The molecule has 1 saturated heterocycles. The normalized spacial score (nSPS) is 16.8. The summed E-state index contributed by atoms with van der Waals surface area (Å²) in [5.74, 6) is 2.84. The zero-order valence-electron chi connectivity index (χ0n) is 22.1. The summed E-state index contributed by atoms with van der Waals surface area (Å²) in [7, 11) is 3.41. The van der Waals surface area contributed by atoms with Gasteiger partial charge in [0.15, 0.2) is 0 Å². The van der Waals surface area contributed by atoms with Gasteiger partial charge in [-0.3, -0.25) is 24.1 Å². The van der Waals surface area contributed by atoms with E-state index in [2.05, 4.69) is 27.9 Å². The van der Waals surface area contributed by atoms with Gasteiger partial charge in [0.1, 0.15) is 12.5 Å². The SMILES string of the molecule is CNC(=O)CCC(CO)N(C)Cc1c(C=O)cccc1NC#Cc1cccc2c1CN(C1CCC(=O)N1)C2=O. The van der Waals surface area contributed by atoms with Crippen molar-refractivity contribution in [2.75, 3.05) is 26.0 Å². The molecule has 2 aliphatic heterocycles. The lowest BCUT2D eigenvalue weighted by molar-refractivity contribution is -0.121. The summed E-state index contributed by atoms with van der Waals surface area (Å²) in [4.78, 5) is 51.7. The average Bonchev–Trinajstić information content (AvgIpc) is 3.52. The summed E-state index contributed by atoms with van der Waals surface area (Å²) in [5.41, 5.74) is 3.98. The first-order valence-corrected chi connectivity index (χ1v) is 12.9. The summed E-state index contributed by atoms with van der Waals surface area (Å²) >= 11 is 0. The molecule has 2 aromatic carbocycles. The van der Waals surface area contributed by atoms with Gasteiger partial charge in [-0.2, -0.15) is 0 Å². The second kappa shape index (κ2) is 12.6. The molecule has 0 saturated carbocycles. The molecular formula is C29H33N5O5. The van der Waals surface area contributed by atoms with Crippen LogP contribution in [0.25, 0.3) is 0 Å². The number of nitrogens with zero attached hydrogens (tertiary/aromatic N) is 2. The highest BCUT2D eigenvalue weighted by molar-refractivity contribution is 5.99. The molecule has 10 nitrogen and oxygen atoms in total. The molecule has 1 fully saturated rings. The quantitative estimate of drug-likeness (QED) is 0.207. The van der Waals surface area contributed by atoms with Crippen LogP contribution in [-0.2, 0) is 22.7 Å². The molecule has 2 atom stereocenters. The number of fused-ring (bicyclic) bond motifs is 1. The number of hydrogen-bond donors (Lipinski definition) is 4. The fourth-order valence-electron chi connectivity index (χ4n) is 4.98. The summed E-state index contributed by atoms with van der Waals surface area (Å²) in [5, 5.41) is 18.4. The van der Waals surface area contributed by atoms with E-state index in [1.807, 2.05) is 24.1 Å². The van der Waals surface area contributed by atoms with Crippen LogP contribution in [0.15, 0.2) is 36.4 Å². The number of aliphatic hydroxyl groups excluding tert-OH is 1. The van der Waals surface area contributed by atoms with Gasteiger partial charge in [-0.1, -0.05) is 18.2 Å². The van der Waals surface area contributed by atoms with Gasteiger partial charge in [0.2, 0.25) is 11.8 Å². The first-order valence-electron chi connectivity index (χ1n) is 12.9. The van der Waals surface area contributed by atoms with E-state index in [-0.39, 0.29) is 43.0 Å². The number of likely N-dealkylation sites (N-methyl/N-ethyl adjacent to an activating group) is 1. The number of rotatable bonds is 10. The largest absolute Gasteiger partial charge is 0.395 e. The maximum atomic E-state index is 13.0. The average molecular weight is 532 g/mol. The number of anilines is 1. The van der Waals surface area contributed by atoms with E-state index in [1.165, 1.54) is 0 Å². The summed E-state index contributed by atoms with van der Waals surface area (Å²) < 4.78 is 0. The number of amides is 3. The molecule has 39 heavy (non-hydrogen) atoms. The van der Waals surface area contributed by atoms with Crippen LogP contribution in [0.5, 0.6) is 0 Å². The third-order valence-electron chi connectivity index (χ3n) is 7.30. The Bertz CT molecular complexity index is 1330. The van der Waals surface area contributed by atoms with Crippen molar-refractivity contribution in [3.8, 4) is 12.0 Å². The Kier molecular flexibility index (Phi) is 8.96. The van der Waals surface area contributed by atoms with Gasteiger partial charge in [-0.15, -0.1) is 0 Å². The van der Waals surface area contributed by atoms with Crippen molar-refractivity contribution < 1.29 is 24.3 Å². The number of aliphatic hydroxyl groups is 1. The lowest BCUT2D eigenvalue weighted by Gasteiger charge is -2.27. The number of benzene rings is 2. The molecule has 0 spiro atoms. The van der Waals surface area contributed by atoms with Crippen molar-refractivity contribution in [2.24, 2.45) is 0 Å². The molecule has 2 aliphatic rings. The first kappa shape index (κ1) is 27.8. The number of nitrogens with one attached hydrogen (secondary N) is 3. The Labute approximate surface area is 227 Å². The van der Waals surface area contributed by atoms with E-state index in [1.54, 1.807) is 36.2 Å². The van der Waals surface area contributed by atoms with Gasteiger partial charge in [0.25, 0.3) is 5.91 Å². The lowest BCUT2D eigenvalue weighted by Crippen LogP contribution is -2.43. The van der Waals surface area contributed by atoms with Crippen LogP contribution in [0, 0.1) is 12.0 Å². The molecule has 0 bridgehead atoms. The number of carbonyl (C=O) groups is 4. The summed E-state index contributed by atoms with van der Waals surface area (Å²) in [6.45, 7) is 0.604. The van der Waals surface area contributed by atoms with Gasteiger partial charge in [-0.05, 0) is 44.0 Å². The van der Waals surface area contributed by atoms with Gasteiger partial charge < -0.3 is 26.0 Å². The van der Waals surface area contributed by atoms with Crippen LogP contribution in [0.1, 0.15) is 63.1 Å². The predicted molar refractivity (Wildman–Crippen MR) is 145 cm³/mol. The molecule has 0 aromatic heterocycles. The van der Waals surface area contributed by atoms with Crippen molar-refractivity contribution in [3.63, 3.8) is 0 Å². The van der Waals surface area contributed by atoms with Crippen LogP contribution in [0.3, 0.4) is 0 Å². The predicted octanol–water partition coefficient (Wildman–Crippen LogP) is 1.43. The first-order chi connectivity index (χ1) is 18.9. The minimum Gasteiger partial charge on any atom is -0.395 e. The highest BCUT2D eigenvalue weighted by Crippen LogP contribution is 2.29. The van der Waals surface area contributed by atoms with Gasteiger partial charge in [0.05, 0.1) is 18.8 Å². The third kappa shape index (κ3) is 6.28. The van der Waals surface area contributed by atoms with E-state index < -0.39 is 0 Å². The number of carbonyl (C=O) groups excluding carboxylic acids is 4. The summed E-state index contributed by atoms with van der Waals surface area (Å²) in [6, 6.07) is 13.4. The van der Waals surface area contributed by atoms with Crippen LogP contribution in [-0.4, -0.2) is 71.8 Å². The molecule has 4 N–H and O–H groups in total.